The smallest absolute Gasteiger partial charge is 0.173 e. The molecule has 0 amide bonds. The Morgan fingerprint density at radius 3 is 2.73 bits per heavy atom. The summed E-state index contributed by atoms with van der Waals surface area (Å²) >= 11 is 7.63. The third-order valence-corrected chi connectivity index (χ3v) is 6.31. The van der Waals surface area contributed by atoms with E-state index >= 15 is 0 Å². The lowest BCUT2D eigenvalue weighted by molar-refractivity contribution is 0.924. The van der Waals surface area contributed by atoms with Gasteiger partial charge in [-0.25, -0.2) is 9.50 Å². The second-order valence-corrected chi connectivity index (χ2v) is 8.40. The molecular formula is C21H18ClN7S. The van der Waals surface area contributed by atoms with Gasteiger partial charge in [-0.2, -0.15) is 5.10 Å². The number of nitrogens with two attached hydrogens (primary N) is 1. The molecule has 0 atom stereocenters. The van der Waals surface area contributed by atoms with Crippen LogP contribution in [0.1, 0.15) is 22.5 Å². The van der Waals surface area contributed by atoms with Crippen molar-refractivity contribution in [2.75, 3.05) is 0 Å². The fourth-order valence-corrected chi connectivity index (χ4v) is 4.74. The molecule has 0 fully saturated rings. The number of nitrogens with zero attached hydrogens (tertiary/aromatic N) is 5. The highest BCUT2D eigenvalue weighted by Crippen LogP contribution is 2.38. The highest BCUT2D eigenvalue weighted by molar-refractivity contribution is 7.18. The van der Waals surface area contributed by atoms with Gasteiger partial charge >= 0.3 is 0 Å². The van der Waals surface area contributed by atoms with Gasteiger partial charge in [0.05, 0.1) is 27.3 Å². The van der Waals surface area contributed by atoms with E-state index < -0.39 is 0 Å². The largest absolute Gasteiger partial charge is 0.327 e. The number of aromatic nitrogens is 6. The first-order valence-electron chi connectivity index (χ1n) is 9.41. The molecule has 0 bridgehead atoms. The third-order valence-electron chi connectivity index (χ3n) is 4.94. The molecule has 7 nitrogen and oxygen atoms in total. The van der Waals surface area contributed by atoms with Crippen molar-refractivity contribution in [2.24, 2.45) is 5.73 Å². The van der Waals surface area contributed by atoms with Gasteiger partial charge in [-0.1, -0.05) is 23.7 Å². The maximum atomic E-state index is 6.04. The Kier molecular flexibility index (Phi) is 4.82. The average molecular weight is 436 g/mol. The van der Waals surface area contributed by atoms with E-state index in [1.165, 1.54) is 0 Å². The van der Waals surface area contributed by atoms with Gasteiger partial charge in [0.1, 0.15) is 11.3 Å². The van der Waals surface area contributed by atoms with Crippen LogP contribution in [0.4, 0.5) is 0 Å². The third kappa shape index (κ3) is 3.39. The quantitative estimate of drug-likeness (QED) is 0.430. The summed E-state index contributed by atoms with van der Waals surface area (Å²) in [5.74, 6) is 0.708. The van der Waals surface area contributed by atoms with Crippen LogP contribution in [-0.4, -0.2) is 29.8 Å². The number of rotatable bonds is 5. The second kappa shape index (κ2) is 7.64. The zero-order valence-electron chi connectivity index (χ0n) is 16.1. The van der Waals surface area contributed by atoms with Crippen molar-refractivity contribution in [1.82, 2.24) is 29.8 Å². The number of halogens is 1. The predicted octanol–water partition coefficient (Wildman–Crippen LogP) is 4.25. The van der Waals surface area contributed by atoms with Crippen molar-refractivity contribution in [3.63, 3.8) is 0 Å². The van der Waals surface area contributed by atoms with Crippen LogP contribution >= 0.6 is 22.9 Å². The van der Waals surface area contributed by atoms with Gasteiger partial charge < -0.3 is 10.7 Å². The monoisotopic (exact) mass is 435 g/mol. The van der Waals surface area contributed by atoms with Gasteiger partial charge in [-0.3, -0.25) is 0 Å². The summed E-state index contributed by atoms with van der Waals surface area (Å²) in [7, 11) is 0. The molecule has 4 aromatic heterocycles. The maximum Gasteiger partial charge on any atom is 0.173 e. The number of fused-ring (bicyclic) bond motifs is 1. The molecule has 0 spiro atoms. The molecule has 5 rings (SSSR count). The summed E-state index contributed by atoms with van der Waals surface area (Å²) in [6, 6.07) is 11.9. The number of aryl methyl sites for hydroxylation is 1. The summed E-state index contributed by atoms with van der Waals surface area (Å²) in [4.78, 5) is 9.08. The molecule has 9 heteroatoms. The van der Waals surface area contributed by atoms with Gasteiger partial charge in [-0.15, -0.1) is 21.5 Å². The molecule has 0 radical (unpaired) electrons. The van der Waals surface area contributed by atoms with Crippen molar-refractivity contribution in [3.8, 4) is 21.3 Å². The number of hydrogen-bond acceptors (Lipinski definition) is 6. The number of hydrogen-bond donors (Lipinski definition) is 2. The highest BCUT2D eigenvalue weighted by Gasteiger charge is 2.21. The van der Waals surface area contributed by atoms with Crippen LogP contribution in [0, 0.1) is 6.92 Å². The van der Waals surface area contributed by atoms with E-state index in [1.54, 1.807) is 17.7 Å². The van der Waals surface area contributed by atoms with E-state index in [9.17, 15) is 0 Å². The molecule has 1 aromatic carbocycles. The standard InChI is InChI=1S/C21H18ClN7S/c1-12-18(17-9-14(10-23)6-7-29(17)28-12)21-26-16(8-13-2-4-15(22)5-3-13)19(30-21)20-24-11-25-27-20/h2-7,9,11H,8,10,23H2,1H3,(H,24,25,27). The summed E-state index contributed by atoms with van der Waals surface area (Å²) in [5.41, 5.74) is 11.9. The maximum absolute atomic E-state index is 6.04. The molecule has 0 saturated carbocycles. The Morgan fingerprint density at radius 1 is 1.17 bits per heavy atom. The second-order valence-electron chi connectivity index (χ2n) is 6.96. The van der Waals surface area contributed by atoms with Gasteiger partial charge in [0.2, 0.25) is 0 Å². The molecule has 0 aliphatic carbocycles. The van der Waals surface area contributed by atoms with Gasteiger partial charge in [0, 0.05) is 24.2 Å². The minimum atomic E-state index is 0.475. The lowest BCUT2D eigenvalue weighted by atomic mass is 10.1. The van der Waals surface area contributed by atoms with Gasteiger partial charge in [-0.05, 0) is 42.3 Å². The van der Waals surface area contributed by atoms with E-state index in [-0.39, 0.29) is 0 Å². The zero-order chi connectivity index (χ0) is 20.7. The summed E-state index contributed by atoms with van der Waals surface area (Å²) < 4.78 is 1.87. The number of aromatic amines is 1. The van der Waals surface area contributed by atoms with Gasteiger partial charge in [0.15, 0.2) is 5.82 Å². The van der Waals surface area contributed by atoms with E-state index in [0.29, 0.717) is 23.8 Å². The molecule has 30 heavy (non-hydrogen) atoms. The van der Waals surface area contributed by atoms with Crippen LogP contribution in [0.5, 0.6) is 0 Å². The fraction of sp³-hybridized carbons (Fsp3) is 0.143. The number of H-pyrrole nitrogens is 1. The Morgan fingerprint density at radius 2 is 2.00 bits per heavy atom. The normalized spacial score (nSPS) is 11.4. The SMILES string of the molecule is Cc1nn2ccc(CN)cc2c1-c1nc(Cc2ccc(Cl)cc2)c(-c2nnc[nH]2)s1. The van der Waals surface area contributed by atoms with E-state index in [1.807, 2.05) is 48.0 Å². The summed E-state index contributed by atoms with van der Waals surface area (Å²) in [6.07, 6.45) is 4.18. The Bertz CT molecular complexity index is 1320. The first-order chi connectivity index (χ1) is 14.6. The summed E-state index contributed by atoms with van der Waals surface area (Å²) in [6.45, 7) is 2.47. The average Bonchev–Trinajstić information content (AvgIpc) is 3.47. The summed E-state index contributed by atoms with van der Waals surface area (Å²) in [5, 5.41) is 14.4. The lowest BCUT2D eigenvalue weighted by Gasteiger charge is -2.01. The van der Waals surface area contributed by atoms with Crippen LogP contribution in [0.15, 0.2) is 48.9 Å². The number of pyridine rings is 1. The molecule has 0 aliphatic rings. The van der Waals surface area contributed by atoms with Gasteiger partial charge in [0.25, 0.3) is 0 Å². The van der Waals surface area contributed by atoms with Crippen molar-refractivity contribution < 1.29 is 0 Å². The number of benzene rings is 1. The Labute approximate surface area is 181 Å². The minimum Gasteiger partial charge on any atom is -0.327 e. The van der Waals surface area contributed by atoms with E-state index in [0.717, 1.165) is 43.5 Å². The first kappa shape index (κ1) is 18.9. The minimum absolute atomic E-state index is 0.475. The zero-order valence-corrected chi connectivity index (χ0v) is 17.7. The first-order valence-corrected chi connectivity index (χ1v) is 10.6. The molecule has 0 saturated heterocycles. The van der Waals surface area contributed by atoms with E-state index in [2.05, 4.69) is 26.3 Å². The predicted molar refractivity (Wildman–Crippen MR) is 119 cm³/mol. The van der Waals surface area contributed by atoms with Crippen molar-refractivity contribution >= 4 is 28.5 Å². The van der Waals surface area contributed by atoms with Crippen LogP contribution in [0.2, 0.25) is 5.02 Å². The molecule has 0 aliphatic heterocycles. The Hall–Kier alpha value is -3.07. The van der Waals surface area contributed by atoms with E-state index in [4.69, 9.17) is 22.3 Å². The lowest BCUT2D eigenvalue weighted by Crippen LogP contribution is -1.97. The number of nitrogens with one attached hydrogen (secondary N) is 1. The fourth-order valence-electron chi connectivity index (χ4n) is 3.47. The number of thiazole rings is 1. The molecule has 150 valence electrons. The van der Waals surface area contributed by atoms with Crippen LogP contribution in [0.25, 0.3) is 26.8 Å². The highest BCUT2D eigenvalue weighted by atomic mass is 35.5. The van der Waals surface area contributed by atoms with Crippen LogP contribution in [0.3, 0.4) is 0 Å². The van der Waals surface area contributed by atoms with Crippen LogP contribution in [-0.2, 0) is 13.0 Å². The molecule has 4 heterocycles. The topological polar surface area (TPSA) is 97.8 Å². The Balaban J connectivity index is 1.66. The molecular weight excluding hydrogens is 418 g/mol. The van der Waals surface area contributed by atoms with Crippen molar-refractivity contribution in [2.45, 2.75) is 19.9 Å². The van der Waals surface area contributed by atoms with Crippen molar-refractivity contribution in [1.29, 1.82) is 0 Å². The molecule has 0 unspecified atom stereocenters. The van der Waals surface area contributed by atoms with Crippen molar-refractivity contribution in [3.05, 3.63) is 76.5 Å². The van der Waals surface area contributed by atoms with Crippen LogP contribution < -0.4 is 5.73 Å². The molecule has 3 N–H and O–H groups in total. The molecule has 5 aromatic rings.